The molecule has 3 aromatic carbocycles. The lowest BCUT2D eigenvalue weighted by Gasteiger charge is -2.10. The molecule has 0 fully saturated rings. The monoisotopic (exact) mass is 484 g/mol. The molecular formula is C28H28N4O4. The van der Waals surface area contributed by atoms with Gasteiger partial charge in [-0.3, -0.25) is 9.59 Å². The topological polar surface area (TPSA) is 94.5 Å². The molecule has 1 aromatic heterocycles. The Kier molecular flexibility index (Phi) is 7.34. The van der Waals surface area contributed by atoms with Crippen molar-refractivity contribution < 1.29 is 19.1 Å². The van der Waals surface area contributed by atoms with Gasteiger partial charge in [0.1, 0.15) is 5.69 Å². The molecule has 0 aliphatic carbocycles. The number of anilines is 2. The Hall–Kier alpha value is -4.59. The summed E-state index contributed by atoms with van der Waals surface area (Å²) in [6, 6.07) is 22.0. The summed E-state index contributed by atoms with van der Waals surface area (Å²) < 4.78 is 12.5. The molecule has 4 rings (SSSR count). The molecule has 0 aliphatic rings. The number of carbonyl (C=O) groups is 2. The van der Waals surface area contributed by atoms with Gasteiger partial charge in [-0.1, -0.05) is 32.0 Å². The third-order valence-corrected chi connectivity index (χ3v) is 5.57. The average Bonchev–Trinajstić information content (AvgIpc) is 3.35. The van der Waals surface area contributed by atoms with Gasteiger partial charge in [0, 0.05) is 29.1 Å². The lowest BCUT2D eigenvalue weighted by molar-refractivity contribution is -0.118. The van der Waals surface area contributed by atoms with Gasteiger partial charge in [0.2, 0.25) is 5.91 Å². The highest BCUT2D eigenvalue weighted by Gasteiger charge is 2.20. The van der Waals surface area contributed by atoms with Crippen molar-refractivity contribution in [3.8, 4) is 28.4 Å². The van der Waals surface area contributed by atoms with Gasteiger partial charge in [-0.05, 0) is 54.6 Å². The van der Waals surface area contributed by atoms with Crippen LogP contribution in [-0.4, -0.2) is 35.8 Å². The zero-order valence-corrected chi connectivity index (χ0v) is 20.6. The Morgan fingerprint density at radius 3 is 2.08 bits per heavy atom. The predicted molar refractivity (Wildman–Crippen MR) is 140 cm³/mol. The molecule has 0 spiro atoms. The number of nitrogens with zero attached hydrogens (tertiary/aromatic N) is 2. The summed E-state index contributed by atoms with van der Waals surface area (Å²) >= 11 is 0. The average molecular weight is 485 g/mol. The van der Waals surface area contributed by atoms with Crippen molar-refractivity contribution in [1.29, 1.82) is 0 Å². The lowest BCUT2D eigenvalue weighted by Crippen LogP contribution is -2.17. The molecule has 1 heterocycles. The highest BCUT2D eigenvalue weighted by Crippen LogP contribution is 2.33. The summed E-state index contributed by atoms with van der Waals surface area (Å²) in [5.74, 6) is 0.607. The Balaban J connectivity index is 1.66. The molecule has 184 valence electrons. The molecular weight excluding hydrogens is 456 g/mol. The fourth-order valence-corrected chi connectivity index (χ4v) is 3.57. The zero-order chi connectivity index (χ0) is 25.7. The summed E-state index contributed by atoms with van der Waals surface area (Å²) in [5, 5.41) is 10.5. The molecule has 2 amide bonds. The molecule has 0 saturated heterocycles. The van der Waals surface area contributed by atoms with Crippen LogP contribution in [0.4, 0.5) is 11.4 Å². The van der Waals surface area contributed by atoms with Crippen LogP contribution >= 0.6 is 0 Å². The lowest BCUT2D eigenvalue weighted by atomic mass is 10.1. The van der Waals surface area contributed by atoms with E-state index in [9.17, 15) is 9.59 Å². The molecule has 8 heteroatoms. The van der Waals surface area contributed by atoms with Gasteiger partial charge in [0.05, 0.1) is 25.5 Å². The summed E-state index contributed by atoms with van der Waals surface area (Å²) in [6.07, 6.45) is 1.70. The first-order valence-corrected chi connectivity index (χ1v) is 11.5. The number of rotatable bonds is 8. The summed E-state index contributed by atoms with van der Waals surface area (Å²) in [6.45, 7) is 3.66. The maximum atomic E-state index is 13.4. The van der Waals surface area contributed by atoms with Gasteiger partial charge < -0.3 is 20.1 Å². The molecule has 0 unspecified atom stereocenters. The summed E-state index contributed by atoms with van der Waals surface area (Å²) in [5.41, 5.74) is 3.67. The third-order valence-electron chi connectivity index (χ3n) is 5.57. The number of methoxy groups -OCH3 is 2. The normalized spacial score (nSPS) is 10.7. The minimum Gasteiger partial charge on any atom is -0.493 e. The van der Waals surface area contributed by atoms with E-state index < -0.39 is 0 Å². The highest BCUT2D eigenvalue weighted by molar-refractivity contribution is 6.08. The van der Waals surface area contributed by atoms with Gasteiger partial charge in [-0.25, -0.2) is 4.68 Å². The number of carbonyl (C=O) groups excluding carboxylic acids is 2. The van der Waals surface area contributed by atoms with E-state index in [2.05, 4.69) is 10.6 Å². The molecule has 8 nitrogen and oxygen atoms in total. The van der Waals surface area contributed by atoms with Crippen molar-refractivity contribution in [2.24, 2.45) is 5.92 Å². The van der Waals surface area contributed by atoms with E-state index in [0.29, 0.717) is 39.7 Å². The smallest absolute Gasteiger partial charge is 0.259 e. The standard InChI is InChI=1S/C28H28N4O4/c1-18(2)27(33)29-20-11-13-21(14-12-20)30-28(34)23-17-32(22-8-6-5-7-9-22)31-26(23)19-10-15-24(35-3)25(16-19)36-4/h5-18H,1-4H3,(H,29,33)(H,30,34). The fraction of sp³-hybridized carbons (Fsp3) is 0.179. The molecule has 0 saturated carbocycles. The van der Waals surface area contributed by atoms with Crippen LogP contribution in [0, 0.1) is 5.92 Å². The van der Waals surface area contributed by atoms with E-state index in [1.807, 2.05) is 50.2 Å². The summed E-state index contributed by atoms with van der Waals surface area (Å²) in [4.78, 5) is 25.3. The van der Waals surface area contributed by atoms with E-state index in [1.165, 1.54) is 0 Å². The molecule has 4 aromatic rings. The second-order valence-electron chi connectivity index (χ2n) is 8.42. The number of ether oxygens (including phenoxy) is 2. The van der Waals surface area contributed by atoms with Crippen LogP contribution in [-0.2, 0) is 4.79 Å². The number of benzene rings is 3. The molecule has 0 aliphatic heterocycles. The number of para-hydroxylation sites is 1. The van der Waals surface area contributed by atoms with Crippen LogP contribution in [0.15, 0.2) is 79.0 Å². The van der Waals surface area contributed by atoms with Crippen molar-refractivity contribution in [3.05, 3.63) is 84.6 Å². The predicted octanol–water partition coefficient (Wildman–Crippen LogP) is 5.40. The van der Waals surface area contributed by atoms with Gasteiger partial charge in [-0.15, -0.1) is 0 Å². The van der Waals surface area contributed by atoms with E-state index in [0.717, 1.165) is 5.69 Å². The van der Waals surface area contributed by atoms with Gasteiger partial charge in [0.25, 0.3) is 5.91 Å². The molecule has 0 atom stereocenters. The van der Waals surface area contributed by atoms with E-state index in [4.69, 9.17) is 14.6 Å². The van der Waals surface area contributed by atoms with Gasteiger partial charge in [-0.2, -0.15) is 5.10 Å². The van der Waals surface area contributed by atoms with E-state index in [1.54, 1.807) is 61.5 Å². The van der Waals surface area contributed by atoms with E-state index >= 15 is 0 Å². The Morgan fingerprint density at radius 2 is 1.47 bits per heavy atom. The largest absolute Gasteiger partial charge is 0.493 e. The quantitative estimate of drug-likeness (QED) is 0.349. The van der Waals surface area contributed by atoms with Gasteiger partial charge >= 0.3 is 0 Å². The van der Waals surface area contributed by atoms with Crippen LogP contribution in [0.3, 0.4) is 0 Å². The summed E-state index contributed by atoms with van der Waals surface area (Å²) in [7, 11) is 3.13. The van der Waals surface area contributed by atoms with Crippen LogP contribution in [0.25, 0.3) is 16.9 Å². The Bertz CT molecular complexity index is 1360. The third kappa shape index (κ3) is 5.38. The molecule has 0 radical (unpaired) electrons. The van der Waals surface area contributed by atoms with Crippen molar-refractivity contribution in [3.63, 3.8) is 0 Å². The Labute approximate surface area is 209 Å². The van der Waals surface area contributed by atoms with Crippen LogP contribution in [0.5, 0.6) is 11.5 Å². The molecule has 0 bridgehead atoms. The van der Waals surface area contributed by atoms with Gasteiger partial charge in [0.15, 0.2) is 11.5 Å². The number of nitrogens with one attached hydrogen (secondary N) is 2. The SMILES string of the molecule is COc1ccc(-c2nn(-c3ccccc3)cc2C(=O)Nc2ccc(NC(=O)C(C)C)cc2)cc1OC. The maximum Gasteiger partial charge on any atom is 0.259 e. The van der Waals surface area contributed by atoms with Crippen LogP contribution < -0.4 is 20.1 Å². The van der Waals surface area contributed by atoms with Crippen LogP contribution in [0.1, 0.15) is 24.2 Å². The first-order chi connectivity index (χ1) is 17.4. The second-order valence-corrected chi connectivity index (χ2v) is 8.42. The Morgan fingerprint density at radius 1 is 0.833 bits per heavy atom. The first kappa shape index (κ1) is 24.5. The fourth-order valence-electron chi connectivity index (χ4n) is 3.57. The number of hydrogen-bond acceptors (Lipinski definition) is 5. The second kappa shape index (κ2) is 10.8. The minimum absolute atomic E-state index is 0.0697. The molecule has 36 heavy (non-hydrogen) atoms. The number of amides is 2. The highest BCUT2D eigenvalue weighted by atomic mass is 16.5. The zero-order valence-electron chi connectivity index (χ0n) is 20.6. The van der Waals surface area contributed by atoms with Crippen molar-refractivity contribution in [2.75, 3.05) is 24.9 Å². The van der Waals surface area contributed by atoms with Crippen molar-refractivity contribution >= 4 is 23.2 Å². The van der Waals surface area contributed by atoms with E-state index in [-0.39, 0.29) is 17.7 Å². The minimum atomic E-state index is -0.319. The number of aromatic nitrogens is 2. The van der Waals surface area contributed by atoms with Crippen molar-refractivity contribution in [1.82, 2.24) is 9.78 Å². The van der Waals surface area contributed by atoms with Crippen molar-refractivity contribution in [2.45, 2.75) is 13.8 Å². The molecule has 2 N–H and O–H groups in total. The maximum absolute atomic E-state index is 13.4. The first-order valence-electron chi connectivity index (χ1n) is 11.5. The van der Waals surface area contributed by atoms with Crippen LogP contribution in [0.2, 0.25) is 0 Å². The number of hydrogen-bond donors (Lipinski definition) is 2.